The summed E-state index contributed by atoms with van der Waals surface area (Å²) in [6.07, 6.45) is 4.07. The van der Waals surface area contributed by atoms with Crippen LogP contribution in [0.3, 0.4) is 0 Å². The van der Waals surface area contributed by atoms with E-state index in [0.29, 0.717) is 0 Å². The fourth-order valence-corrected chi connectivity index (χ4v) is 1.35. The summed E-state index contributed by atoms with van der Waals surface area (Å²) in [6.45, 7) is 0. The van der Waals surface area contributed by atoms with Gasteiger partial charge in [0.1, 0.15) is 5.88 Å². The molecule has 0 fully saturated rings. The van der Waals surface area contributed by atoms with Crippen LogP contribution < -0.4 is 18.9 Å². The second kappa shape index (κ2) is 4.60. The van der Waals surface area contributed by atoms with Crippen LogP contribution in [0.25, 0.3) is 0 Å². The van der Waals surface area contributed by atoms with Crippen LogP contribution in [0.2, 0.25) is 0 Å². The number of hydrogen-bond donors (Lipinski definition) is 0. The van der Waals surface area contributed by atoms with Crippen molar-refractivity contribution in [2.75, 3.05) is 6.26 Å². The van der Waals surface area contributed by atoms with Crippen molar-refractivity contribution in [1.29, 1.82) is 0 Å². The van der Waals surface area contributed by atoms with Gasteiger partial charge in [-0.2, -0.15) is 6.07 Å². The summed E-state index contributed by atoms with van der Waals surface area (Å²) in [4.78, 5) is 10.0. The molecule has 1 rings (SSSR count). The molecule has 7 heteroatoms. The van der Waals surface area contributed by atoms with Crippen molar-refractivity contribution >= 4 is 16.1 Å². The van der Waals surface area contributed by atoms with E-state index in [0.717, 1.165) is 6.26 Å². The predicted octanol–water partition coefficient (Wildman–Crippen LogP) is -3.65. The predicted molar refractivity (Wildman–Crippen MR) is 41.9 cm³/mol. The van der Waals surface area contributed by atoms with Crippen LogP contribution >= 0.6 is 0 Å². The number of hydrogen-bond acceptors (Lipinski definition) is 4. The van der Waals surface area contributed by atoms with Gasteiger partial charge in [0.25, 0.3) is 0 Å². The summed E-state index contributed by atoms with van der Waals surface area (Å²) in [6, 6.07) is 1.40. The van der Waals surface area contributed by atoms with Crippen LogP contribution in [-0.2, 0) is 20.5 Å². The first kappa shape index (κ1) is 12.4. The van der Waals surface area contributed by atoms with Gasteiger partial charge in [-0.05, 0) is 5.69 Å². The van der Waals surface area contributed by atoms with Crippen molar-refractivity contribution in [3.8, 4) is 0 Å². The van der Waals surface area contributed by atoms with E-state index in [4.69, 9.17) is 0 Å². The minimum absolute atomic E-state index is 0. The van der Waals surface area contributed by atoms with E-state index >= 15 is 0 Å². The maximum absolute atomic E-state index is 10.7. The maximum atomic E-state index is 10.7. The zero-order valence-corrected chi connectivity index (χ0v) is 8.21. The number of carbonyl (C=O) groups excluding carboxylic acids is 1. The molecule has 1 heterocycles. The Balaban J connectivity index is 0.00000144. The molecule has 0 aliphatic rings. The molecule has 1 aromatic rings. The van der Waals surface area contributed by atoms with Crippen LogP contribution in [0.4, 0.5) is 0 Å². The molecule has 0 aliphatic carbocycles. The molecule has 13 heavy (non-hydrogen) atoms. The Kier molecular flexibility index (Phi) is 4.40. The third-order valence-corrected chi connectivity index (χ3v) is 1.85. The molecular formula is C6H7LiN2O3S. The molecule has 0 unspecified atom stereocenters. The summed E-state index contributed by atoms with van der Waals surface area (Å²) >= 11 is 0. The van der Waals surface area contributed by atoms with Crippen molar-refractivity contribution in [1.82, 2.24) is 9.78 Å². The summed E-state index contributed by atoms with van der Waals surface area (Å²) < 4.78 is 22.7. The topological polar surface area (TPSA) is 69.0 Å². The average Bonchev–Trinajstić information content (AvgIpc) is 2.32. The molecule has 0 bridgehead atoms. The Hall–Kier alpha value is -0.573. The van der Waals surface area contributed by atoms with Crippen LogP contribution in [0.15, 0.2) is 12.3 Å². The van der Waals surface area contributed by atoms with Crippen molar-refractivity contribution < 1.29 is 32.1 Å². The van der Waals surface area contributed by atoms with Gasteiger partial charge in [0.05, 0.1) is 0 Å². The van der Waals surface area contributed by atoms with Crippen molar-refractivity contribution in [3.63, 3.8) is 0 Å². The Morgan fingerprint density at radius 1 is 1.62 bits per heavy atom. The standard InChI is InChI=1S/C6H7N2O3S.Li/c1-12(10,11)5-8-3-2-6(4-9)7-8;/h2-3H,5H2,1H3;/q-1;+1. The second-order valence-corrected chi connectivity index (χ2v) is 4.51. The molecule has 0 spiro atoms. The van der Waals surface area contributed by atoms with Gasteiger partial charge >= 0.3 is 18.9 Å². The van der Waals surface area contributed by atoms with E-state index in [1.165, 1.54) is 16.9 Å². The third-order valence-electron chi connectivity index (χ3n) is 1.11. The average molecular weight is 194 g/mol. The van der Waals surface area contributed by atoms with E-state index in [-0.39, 0.29) is 30.4 Å². The molecule has 1 aromatic heterocycles. The fraction of sp³-hybridized carbons (Fsp3) is 0.333. The van der Waals surface area contributed by atoms with Gasteiger partial charge in [-0.25, -0.2) is 13.5 Å². The Morgan fingerprint density at radius 2 is 2.23 bits per heavy atom. The summed E-state index contributed by atoms with van der Waals surface area (Å²) in [5.74, 6) is -0.214. The smallest absolute Gasteiger partial charge is 0.417 e. The monoisotopic (exact) mass is 194 g/mol. The first-order chi connectivity index (χ1) is 5.51. The second-order valence-electron chi connectivity index (χ2n) is 2.40. The van der Waals surface area contributed by atoms with Gasteiger partial charge < -0.3 is 4.79 Å². The normalized spacial score (nSPS) is 10.5. The first-order valence-corrected chi connectivity index (χ1v) is 5.16. The summed E-state index contributed by atoms with van der Waals surface area (Å²) in [7, 11) is -3.10. The van der Waals surface area contributed by atoms with Crippen LogP contribution in [0.5, 0.6) is 0 Å². The first-order valence-electron chi connectivity index (χ1n) is 3.10. The van der Waals surface area contributed by atoms with E-state index in [1.54, 1.807) is 6.29 Å². The molecule has 0 amide bonds. The number of nitrogens with zero attached hydrogens (tertiary/aromatic N) is 2. The Labute approximate surface area is 88.2 Å². The fourth-order valence-electron chi connectivity index (χ4n) is 0.728. The molecular weight excluding hydrogens is 187 g/mol. The zero-order valence-electron chi connectivity index (χ0n) is 7.39. The van der Waals surface area contributed by atoms with Gasteiger partial charge in [0.15, 0.2) is 9.84 Å². The molecule has 5 nitrogen and oxygen atoms in total. The molecule has 66 valence electrons. The zero-order chi connectivity index (χ0) is 9.19. The van der Waals surface area contributed by atoms with Gasteiger partial charge in [-0.1, -0.05) is 6.20 Å². The van der Waals surface area contributed by atoms with Gasteiger partial charge in [0.2, 0.25) is 0 Å². The molecule has 0 atom stereocenters. The van der Waals surface area contributed by atoms with E-state index in [1.807, 2.05) is 0 Å². The number of rotatable bonds is 3. The van der Waals surface area contributed by atoms with Crippen molar-refractivity contribution in [2.45, 2.75) is 5.88 Å². The van der Waals surface area contributed by atoms with Gasteiger partial charge in [0, 0.05) is 12.5 Å². The van der Waals surface area contributed by atoms with Crippen LogP contribution in [0, 0.1) is 0 Å². The molecule has 0 aliphatic heterocycles. The molecule has 0 N–H and O–H groups in total. The molecule has 0 saturated heterocycles. The quantitative estimate of drug-likeness (QED) is 0.367. The molecule has 0 radical (unpaired) electrons. The maximum Gasteiger partial charge on any atom is 1.00 e. The molecule has 0 saturated carbocycles. The van der Waals surface area contributed by atoms with E-state index < -0.39 is 9.84 Å². The summed E-state index contributed by atoms with van der Waals surface area (Å²) in [5.41, 5.74) is 0.110. The minimum Gasteiger partial charge on any atom is -0.417 e. The number of sulfone groups is 1. The Morgan fingerprint density at radius 3 is 2.62 bits per heavy atom. The Bertz CT molecular complexity index is 384. The van der Waals surface area contributed by atoms with E-state index in [9.17, 15) is 13.2 Å². The van der Waals surface area contributed by atoms with Gasteiger partial charge in [-0.3, -0.25) is 4.68 Å². The van der Waals surface area contributed by atoms with Crippen LogP contribution in [-0.4, -0.2) is 30.7 Å². The largest absolute Gasteiger partial charge is 1.00 e. The van der Waals surface area contributed by atoms with Crippen molar-refractivity contribution in [2.24, 2.45) is 0 Å². The van der Waals surface area contributed by atoms with Gasteiger partial charge in [-0.15, -0.1) is 0 Å². The van der Waals surface area contributed by atoms with Crippen molar-refractivity contribution in [3.05, 3.63) is 18.0 Å². The summed E-state index contributed by atoms with van der Waals surface area (Å²) in [5, 5.41) is 3.63. The minimum atomic E-state index is -3.10. The molecule has 0 aromatic carbocycles. The third kappa shape index (κ3) is 4.27. The number of aromatic nitrogens is 2. The van der Waals surface area contributed by atoms with Crippen LogP contribution in [0.1, 0.15) is 5.69 Å². The SMILES string of the molecule is CS(=O)(=O)Cn1ccc([C-]=O)n1.[Li+]. The van der Waals surface area contributed by atoms with E-state index in [2.05, 4.69) is 5.10 Å².